The first-order valence-corrected chi connectivity index (χ1v) is 9.34. The van der Waals surface area contributed by atoms with Crippen LogP contribution >= 0.6 is 11.3 Å². The second-order valence-electron chi connectivity index (χ2n) is 6.32. The summed E-state index contributed by atoms with van der Waals surface area (Å²) in [5.74, 6) is 0. The molecule has 2 aromatic heterocycles. The molecule has 7 heteroatoms. The van der Waals surface area contributed by atoms with E-state index in [1.165, 1.54) is 17.4 Å². The Balaban J connectivity index is 1.77. The van der Waals surface area contributed by atoms with Gasteiger partial charge in [-0.3, -0.25) is 10.1 Å². The minimum absolute atomic E-state index is 0.0488. The van der Waals surface area contributed by atoms with Crippen LogP contribution in [0.15, 0.2) is 29.4 Å². The molecule has 1 aliphatic carbocycles. The Morgan fingerprint density at radius 1 is 1.31 bits per heavy atom. The highest BCUT2D eigenvalue weighted by molar-refractivity contribution is 7.16. The molecule has 2 heterocycles. The molecule has 6 nitrogen and oxygen atoms in total. The Bertz CT molecular complexity index is 1070. The fraction of sp³-hybridized carbons (Fsp3) is 0.263. The summed E-state index contributed by atoms with van der Waals surface area (Å²) in [6, 6.07) is 7.25. The number of H-pyrrole nitrogens is 1. The first-order chi connectivity index (χ1) is 12.7. The molecule has 0 radical (unpaired) electrons. The SMILES string of the molecule is N#Cc1c(N=Cc2c[nH]c3cccc([N+](=O)[O-])c23)sc2c1CCCCC2. The molecule has 0 aliphatic heterocycles. The lowest BCUT2D eigenvalue weighted by Gasteiger charge is -1.97. The number of aromatic amines is 1. The zero-order chi connectivity index (χ0) is 18.1. The Morgan fingerprint density at radius 3 is 2.96 bits per heavy atom. The maximum Gasteiger partial charge on any atom is 0.279 e. The standard InChI is InChI=1S/C19H16N4O2S/c20-9-14-13-5-2-1-3-8-17(13)26-19(14)22-11-12-10-21-15-6-4-7-16(18(12)15)23(24)25/h4,6-7,10-11,21H,1-3,5,8H2. The van der Waals surface area contributed by atoms with E-state index in [0.717, 1.165) is 31.2 Å². The second-order valence-corrected chi connectivity index (χ2v) is 7.40. The third kappa shape index (κ3) is 2.78. The molecule has 1 N–H and O–H groups in total. The number of hydrogen-bond acceptors (Lipinski definition) is 5. The number of aliphatic imine (C=N–C) groups is 1. The van der Waals surface area contributed by atoms with Gasteiger partial charge in [0.25, 0.3) is 5.69 Å². The number of nitro groups is 1. The molecule has 0 amide bonds. The summed E-state index contributed by atoms with van der Waals surface area (Å²) in [5.41, 5.74) is 3.21. The summed E-state index contributed by atoms with van der Waals surface area (Å²) < 4.78 is 0. The number of benzene rings is 1. The summed E-state index contributed by atoms with van der Waals surface area (Å²) >= 11 is 1.57. The van der Waals surface area contributed by atoms with E-state index < -0.39 is 0 Å². The van der Waals surface area contributed by atoms with Crippen molar-refractivity contribution in [3.63, 3.8) is 0 Å². The van der Waals surface area contributed by atoms with E-state index in [1.807, 2.05) is 0 Å². The fourth-order valence-corrected chi connectivity index (χ4v) is 4.69. The zero-order valence-corrected chi connectivity index (χ0v) is 14.8. The predicted molar refractivity (Wildman–Crippen MR) is 103 cm³/mol. The van der Waals surface area contributed by atoms with Crippen LogP contribution < -0.4 is 0 Å². The van der Waals surface area contributed by atoms with Crippen molar-refractivity contribution < 1.29 is 4.92 Å². The Morgan fingerprint density at radius 2 is 2.15 bits per heavy atom. The highest BCUT2D eigenvalue weighted by Gasteiger charge is 2.20. The highest BCUT2D eigenvalue weighted by Crippen LogP contribution is 2.39. The van der Waals surface area contributed by atoms with E-state index >= 15 is 0 Å². The Hall–Kier alpha value is -2.98. The van der Waals surface area contributed by atoms with Crippen LogP contribution in [0.1, 0.15) is 40.8 Å². The summed E-state index contributed by atoms with van der Waals surface area (Å²) in [4.78, 5) is 19.8. The molecule has 0 saturated carbocycles. The van der Waals surface area contributed by atoms with Gasteiger partial charge >= 0.3 is 0 Å². The average Bonchev–Trinajstić information content (AvgIpc) is 3.12. The smallest absolute Gasteiger partial charge is 0.279 e. The summed E-state index contributed by atoms with van der Waals surface area (Å²) in [6.07, 6.45) is 8.73. The van der Waals surface area contributed by atoms with Crippen LogP contribution in [0, 0.1) is 21.4 Å². The Kier molecular flexibility index (Phi) is 4.27. The number of thiophene rings is 1. The van der Waals surface area contributed by atoms with Gasteiger partial charge in [0.2, 0.25) is 0 Å². The molecule has 0 fully saturated rings. The maximum absolute atomic E-state index is 11.3. The minimum atomic E-state index is -0.387. The normalized spacial score (nSPS) is 14.3. The zero-order valence-electron chi connectivity index (χ0n) is 14.0. The van der Waals surface area contributed by atoms with Crippen LogP contribution in [-0.2, 0) is 12.8 Å². The first kappa shape index (κ1) is 16.5. The van der Waals surface area contributed by atoms with E-state index in [1.54, 1.807) is 35.9 Å². The molecular weight excluding hydrogens is 348 g/mol. The van der Waals surface area contributed by atoms with Crippen molar-refractivity contribution in [2.24, 2.45) is 4.99 Å². The van der Waals surface area contributed by atoms with Crippen molar-refractivity contribution in [2.75, 3.05) is 0 Å². The molecule has 3 aromatic rings. The van der Waals surface area contributed by atoms with E-state index in [0.29, 0.717) is 27.0 Å². The molecule has 0 unspecified atom stereocenters. The van der Waals surface area contributed by atoms with Crippen molar-refractivity contribution in [1.82, 2.24) is 4.98 Å². The van der Waals surface area contributed by atoms with Crippen LogP contribution in [0.3, 0.4) is 0 Å². The summed E-state index contributed by atoms with van der Waals surface area (Å²) in [5, 5.41) is 22.1. The van der Waals surface area contributed by atoms with Gasteiger partial charge in [0.15, 0.2) is 0 Å². The van der Waals surface area contributed by atoms with Crippen molar-refractivity contribution in [3.05, 3.63) is 56.1 Å². The summed E-state index contributed by atoms with van der Waals surface area (Å²) in [6.45, 7) is 0. The van der Waals surface area contributed by atoms with E-state index in [4.69, 9.17) is 0 Å². The summed E-state index contributed by atoms with van der Waals surface area (Å²) in [7, 11) is 0. The Labute approximate surface area is 154 Å². The van der Waals surface area contributed by atoms with Gasteiger partial charge in [-0.1, -0.05) is 12.5 Å². The van der Waals surface area contributed by atoms with Gasteiger partial charge in [-0.15, -0.1) is 11.3 Å². The largest absolute Gasteiger partial charge is 0.360 e. The number of fused-ring (bicyclic) bond motifs is 2. The van der Waals surface area contributed by atoms with Gasteiger partial charge in [-0.2, -0.15) is 5.26 Å². The van der Waals surface area contributed by atoms with Crippen LogP contribution in [0.25, 0.3) is 10.9 Å². The second kappa shape index (κ2) is 6.73. The van der Waals surface area contributed by atoms with Gasteiger partial charge in [0.1, 0.15) is 11.1 Å². The van der Waals surface area contributed by atoms with Gasteiger partial charge in [-0.05, 0) is 37.3 Å². The van der Waals surface area contributed by atoms with E-state index in [9.17, 15) is 15.4 Å². The number of aryl methyl sites for hydroxylation is 1. The number of aromatic nitrogens is 1. The monoisotopic (exact) mass is 364 g/mol. The van der Waals surface area contributed by atoms with Crippen molar-refractivity contribution >= 4 is 39.1 Å². The third-order valence-electron chi connectivity index (χ3n) is 4.75. The third-order valence-corrected chi connectivity index (χ3v) is 5.95. The number of rotatable bonds is 3. The lowest BCUT2D eigenvalue weighted by atomic mass is 10.1. The molecule has 1 aliphatic rings. The highest BCUT2D eigenvalue weighted by atomic mass is 32.1. The van der Waals surface area contributed by atoms with E-state index in [-0.39, 0.29) is 10.6 Å². The molecule has 26 heavy (non-hydrogen) atoms. The molecule has 4 rings (SSSR count). The number of nitrogens with one attached hydrogen (secondary N) is 1. The average molecular weight is 364 g/mol. The number of nitriles is 1. The number of nitro benzene ring substituents is 1. The van der Waals surface area contributed by atoms with Crippen LogP contribution in [-0.4, -0.2) is 16.1 Å². The van der Waals surface area contributed by atoms with Gasteiger partial charge in [0, 0.05) is 28.9 Å². The molecule has 0 atom stereocenters. The van der Waals surface area contributed by atoms with Crippen LogP contribution in [0.4, 0.5) is 10.7 Å². The van der Waals surface area contributed by atoms with Crippen LogP contribution in [0.5, 0.6) is 0 Å². The van der Waals surface area contributed by atoms with Crippen LogP contribution in [0.2, 0.25) is 0 Å². The van der Waals surface area contributed by atoms with Crippen molar-refractivity contribution in [1.29, 1.82) is 5.26 Å². The molecule has 0 saturated heterocycles. The van der Waals surface area contributed by atoms with Gasteiger partial charge in [0.05, 0.1) is 21.4 Å². The predicted octanol–water partition coefficient (Wildman–Crippen LogP) is 5.03. The van der Waals surface area contributed by atoms with Gasteiger partial charge in [-0.25, -0.2) is 4.99 Å². The maximum atomic E-state index is 11.3. The first-order valence-electron chi connectivity index (χ1n) is 8.52. The fourth-order valence-electron chi connectivity index (χ4n) is 3.51. The molecule has 1 aromatic carbocycles. The molecule has 130 valence electrons. The molecule has 0 bridgehead atoms. The number of nitrogens with zero attached hydrogens (tertiary/aromatic N) is 3. The van der Waals surface area contributed by atoms with Crippen molar-refractivity contribution in [3.8, 4) is 6.07 Å². The molecular formula is C19H16N4O2S. The van der Waals surface area contributed by atoms with Crippen molar-refractivity contribution in [2.45, 2.75) is 32.1 Å². The number of non-ortho nitro benzene ring substituents is 1. The lowest BCUT2D eigenvalue weighted by molar-refractivity contribution is -0.383. The minimum Gasteiger partial charge on any atom is -0.360 e. The van der Waals surface area contributed by atoms with E-state index in [2.05, 4.69) is 16.0 Å². The topological polar surface area (TPSA) is 95.1 Å². The quantitative estimate of drug-likeness (QED) is 0.305. The number of hydrogen-bond donors (Lipinski definition) is 1. The molecule has 0 spiro atoms. The lowest BCUT2D eigenvalue weighted by Crippen LogP contribution is -1.90. The van der Waals surface area contributed by atoms with Gasteiger partial charge < -0.3 is 4.98 Å².